The topological polar surface area (TPSA) is 97.0 Å². The van der Waals surface area contributed by atoms with Crippen molar-refractivity contribution < 1.29 is 4.21 Å². The Morgan fingerprint density at radius 2 is 2.16 bits per heavy atom. The highest BCUT2D eigenvalue weighted by atomic mass is 32.2. The second-order valence-corrected chi connectivity index (χ2v) is 10.2. The minimum atomic E-state index is -1.05. The number of anilines is 2. The summed E-state index contributed by atoms with van der Waals surface area (Å²) in [4.78, 5) is 17.2. The average molecular weight is 449 g/mol. The minimum absolute atomic E-state index is 0.124. The Kier molecular flexibility index (Phi) is 5.70. The monoisotopic (exact) mass is 448 g/mol. The highest BCUT2D eigenvalue weighted by Crippen LogP contribution is 2.38. The van der Waals surface area contributed by atoms with E-state index in [1.54, 1.807) is 0 Å². The molecule has 3 N–H and O–H groups in total. The standard InChI is InChI=1S/C24H28N6OS/c1-2-4-17-5-6-19(26-15-17)18-7-12-30(13-8-18)23-27-20-9-14-32(31)21(20)22(28-23)29-24(16-25)10-3-11-24/h5-7,15H,3,8-14,16,25H2,1H3,(H,27,28,29)/t32-/m1/s1. The van der Waals surface area contributed by atoms with E-state index in [2.05, 4.69) is 33.1 Å². The van der Waals surface area contributed by atoms with Crippen LogP contribution in [0.15, 0.2) is 29.3 Å². The fraction of sp³-hybridized carbons (Fsp3) is 0.458. The molecule has 3 aliphatic rings. The molecule has 5 rings (SSSR count). The molecule has 32 heavy (non-hydrogen) atoms. The zero-order valence-corrected chi connectivity index (χ0v) is 19.2. The molecule has 2 aromatic rings. The summed E-state index contributed by atoms with van der Waals surface area (Å²) in [6, 6.07) is 4.05. The number of aryl methyl sites for hydroxylation is 1. The van der Waals surface area contributed by atoms with Gasteiger partial charge in [-0.1, -0.05) is 12.0 Å². The minimum Gasteiger partial charge on any atom is -0.362 e. The molecule has 0 amide bonds. The largest absolute Gasteiger partial charge is 0.362 e. The molecule has 1 fully saturated rings. The Morgan fingerprint density at radius 1 is 1.28 bits per heavy atom. The predicted octanol–water partition coefficient (Wildman–Crippen LogP) is 2.49. The molecule has 4 heterocycles. The van der Waals surface area contributed by atoms with Crippen LogP contribution in [0.5, 0.6) is 0 Å². The summed E-state index contributed by atoms with van der Waals surface area (Å²) in [6.07, 6.45) is 8.83. The molecule has 2 aliphatic heterocycles. The third-order valence-electron chi connectivity index (χ3n) is 6.61. The summed E-state index contributed by atoms with van der Waals surface area (Å²) in [5, 5.41) is 3.57. The number of nitrogens with two attached hydrogens (primary N) is 1. The molecule has 0 bridgehead atoms. The number of pyridine rings is 1. The summed E-state index contributed by atoms with van der Waals surface area (Å²) < 4.78 is 12.6. The zero-order valence-electron chi connectivity index (χ0n) is 18.4. The lowest BCUT2D eigenvalue weighted by molar-refractivity contribution is 0.286. The Morgan fingerprint density at radius 3 is 2.78 bits per heavy atom. The number of hydrogen-bond acceptors (Lipinski definition) is 7. The molecule has 0 saturated heterocycles. The summed E-state index contributed by atoms with van der Waals surface area (Å²) >= 11 is 0. The maximum Gasteiger partial charge on any atom is 0.227 e. The van der Waals surface area contributed by atoms with Gasteiger partial charge in [-0.2, -0.15) is 4.98 Å². The Balaban J connectivity index is 1.39. The highest BCUT2D eigenvalue weighted by molar-refractivity contribution is 7.85. The number of hydrogen-bond donors (Lipinski definition) is 2. The van der Waals surface area contributed by atoms with Gasteiger partial charge in [-0.15, -0.1) is 5.92 Å². The predicted molar refractivity (Wildman–Crippen MR) is 128 cm³/mol. The highest BCUT2D eigenvalue weighted by Gasteiger charge is 2.38. The van der Waals surface area contributed by atoms with Crippen LogP contribution in [0.3, 0.4) is 0 Å². The quantitative estimate of drug-likeness (QED) is 0.678. The summed E-state index contributed by atoms with van der Waals surface area (Å²) in [5.41, 5.74) is 10.0. The number of fused-ring (bicyclic) bond motifs is 1. The van der Waals surface area contributed by atoms with Gasteiger partial charge in [0.15, 0.2) is 0 Å². The lowest BCUT2D eigenvalue weighted by Crippen LogP contribution is -2.51. The van der Waals surface area contributed by atoms with Crippen molar-refractivity contribution >= 4 is 28.1 Å². The maximum absolute atomic E-state index is 12.6. The Labute approximate surface area is 191 Å². The first-order valence-electron chi connectivity index (χ1n) is 11.2. The number of aromatic nitrogens is 3. The van der Waals surface area contributed by atoms with Gasteiger partial charge >= 0.3 is 0 Å². The third-order valence-corrected chi connectivity index (χ3v) is 8.07. The molecule has 166 valence electrons. The van der Waals surface area contributed by atoms with Gasteiger partial charge in [0, 0.05) is 43.6 Å². The molecule has 8 heteroatoms. The average Bonchev–Trinajstić information content (AvgIpc) is 3.18. The van der Waals surface area contributed by atoms with E-state index in [1.165, 1.54) is 5.57 Å². The number of rotatable bonds is 5. The number of nitrogens with one attached hydrogen (secondary N) is 1. The van der Waals surface area contributed by atoms with Crippen LogP contribution in [-0.4, -0.2) is 50.1 Å². The van der Waals surface area contributed by atoms with E-state index in [0.29, 0.717) is 18.2 Å². The van der Waals surface area contributed by atoms with Gasteiger partial charge in [-0.05, 0) is 50.3 Å². The van der Waals surface area contributed by atoms with Gasteiger partial charge in [-0.3, -0.25) is 9.19 Å². The van der Waals surface area contributed by atoms with Crippen molar-refractivity contribution in [1.29, 1.82) is 0 Å². The fourth-order valence-electron chi connectivity index (χ4n) is 4.53. The molecule has 0 unspecified atom stereocenters. The van der Waals surface area contributed by atoms with E-state index in [0.717, 1.165) is 72.9 Å². The SMILES string of the molecule is CC#Cc1ccc(C2=CCN(c3nc4c(c(NC5(CN)CCC5)n3)[S@](=O)CC4)CC2)nc1. The lowest BCUT2D eigenvalue weighted by atomic mass is 9.77. The van der Waals surface area contributed by atoms with E-state index in [4.69, 9.17) is 15.7 Å². The van der Waals surface area contributed by atoms with Gasteiger partial charge in [0.1, 0.15) is 10.7 Å². The molecule has 0 aromatic carbocycles. The lowest BCUT2D eigenvalue weighted by Gasteiger charge is -2.42. The van der Waals surface area contributed by atoms with Gasteiger partial charge in [0.25, 0.3) is 0 Å². The molecule has 1 aliphatic carbocycles. The molecular weight excluding hydrogens is 420 g/mol. The van der Waals surface area contributed by atoms with E-state index >= 15 is 0 Å². The van der Waals surface area contributed by atoms with Gasteiger partial charge in [0.2, 0.25) is 5.95 Å². The second kappa shape index (κ2) is 8.64. The molecular formula is C24H28N6OS. The van der Waals surface area contributed by atoms with E-state index in [1.807, 2.05) is 25.3 Å². The summed E-state index contributed by atoms with van der Waals surface area (Å²) in [7, 11) is -1.05. The molecule has 7 nitrogen and oxygen atoms in total. The summed E-state index contributed by atoms with van der Waals surface area (Å²) in [6.45, 7) is 3.91. The van der Waals surface area contributed by atoms with Crippen LogP contribution >= 0.6 is 0 Å². The van der Waals surface area contributed by atoms with Crippen molar-refractivity contribution in [3.8, 4) is 11.8 Å². The smallest absolute Gasteiger partial charge is 0.227 e. The van der Waals surface area contributed by atoms with Crippen molar-refractivity contribution in [2.75, 3.05) is 35.6 Å². The molecule has 1 atom stereocenters. The molecule has 0 radical (unpaired) electrons. The van der Waals surface area contributed by atoms with E-state index in [-0.39, 0.29) is 5.54 Å². The van der Waals surface area contributed by atoms with Crippen LogP contribution in [0.4, 0.5) is 11.8 Å². The Bertz CT molecular complexity index is 1140. The molecule has 0 spiro atoms. The van der Waals surface area contributed by atoms with Gasteiger partial charge < -0.3 is 16.0 Å². The first-order valence-corrected chi connectivity index (χ1v) is 12.5. The van der Waals surface area contributed by atoms with E-state index < -0.39 is 10.8 Å². The zero-order chi connectivity index (χ0) is 22.1. The van der Waals surface area contributed by atoms with Crippen LogP contribution in [0.2, 0.25) is 0 Å². The van der Waals surface area contributed by atoms with Crippen molar-refractivity contribution in [1.82, 2.24) is 15.0 Å². The van der Waals surface area contributed by atoms with Crippen LogP contribution in [0.25, 0.3) is 5.57 Å². The third kappa shape index (κ3) is 3.91. The fourth-order valence-corrected chi connectivity index (χ4v) is 5.84. The first-order chi connectivity index (χ1) is 15.6. The summed E-state index contributed by atoms with van der Waals surface area (Å²) in [5.74, 6) is 7.97. The van der Waals surface area contributed by atoms with Gasteiger partial charge in [-0.25, -0.2) is 4.98 Å². The molecule has 1 saturated carbocycles. The van der Waals surface area contributed by atoms with E-state index in [9.17, 15) is 4.21 Å². The first kappa shape index (κ1) is 21.1. The van der Waals surface area contributed by atoms with Crippen molar-refractivity contribution in [3.05, 3.63) is 41.4 Å². The van der Waals surface area contributed by atoms with Crippen LogP contribution in [0.1, 0.15) is 49.6 Å². The van der Waals surface area contributed by atoms with Crippen LogP contribution in [0, 0.1) is 11.8 Å². The molecule has 2 aromatic heterocycles. The number of nitrogens with zero attached hydrogens (tertiary/aromatic N) is 4. The van der Waals surface area contributed by atoms with Crippen LogP contribution in [-0.2, 0) is 17.2 Å². The van der Waals surface area contributed by atoms with Crippen molar-refractivity contribution in [3.63, 3.8) is 0 Å². The van der Waals surface area contributed by atoms with Crippen LogP contribution < -0.4 is 16.0 Å². The Hall–Kier alpha value is -2.76. The van der Waals surface area contributed by atoms with Crippen molar-refractivity contribution in [2.24, 2.45) is 5.73 Å². The van der Waals surface area contributed by atoms with Gasteiger partial charge in [0.05, 0.1) is 27.7 Å². The normalized spacial score (nSPS) is 21.1. The maximum atomic E-state index is 12.6. The second-order valence-electron chi connectivity index (χ2n) is 8.64. The van der Waals surface area contributed by atoms with Crippen molar-refractivity contribution in [2.45, 2.75) is 49.5 Å².